The van der Waals surface area contributed by atoms with Crippen molar-refractivity contribution in [3.63, 3.8) is 0 Å². The smallest absolute Gasteiger partial charge is 0.338 e. The normalized spacial score (nSPS) is 15.0. The highest BCUT2D eigenvalue weighted by atomic mass is 32.1. The highest BCUT2D eigenvalue weighted by Gasteiger charge is 2.33. The molecule has 3 aromatic carbocycles. The van der Waals surface area contributed by atoms with Crippen LogP contribution >= 0.6 is 11.3 Å². The van der Waals surface area contributed by atoms with Gasteiger partial charge in [0.25, 0.3) is 5.56 Å². The van der Waals surface area contributed by atoms with E-state index in [1.807, 2.05) is 78.9 Å². The zero-order chi connectivity index (χ0) is 28.8. The van der Waals surface area contributed by atoms with Crippen molar-refractivity contribution in [2.24, 2.45) is 4.99 Å². The number of hydrogen-bond acceptors (Lipinski definition) is 7. The number of fused-ring (bicyclic) bond motifs is 1. The molecule has 0 N–H and O–H groups in total. The topological polar surface area (TPSA) is 79.1 Å². The lowest BCUT2D eigenvalue weighted by Crippen LogP contribution is -2.39. The summed E-state index contributed by atoms with van der Waals surface area (Å²) in [6, 6.07) is 24.4. The van der Waals surface area contributed by atoms with Crippen LogP contribution in [0.2, 0.25) is 0 Å². The summed E-state index contributed by atoms with van der Waals surface area (Å²) in [6.45, 7) is 4.08. The Labute approximate surface area is 242 Å². The van der Waals surface area contributed by atoms with Crippen molar-refractivity contribution < 1.29 is 19.0 Å². The molecule has 7 nitrogen and oxygen atoms in total. The number of esters is 1. The minimum absolute atomic E-state index is 0.201. The molecule has 41 heavy (non-hydrogen) atoms. The van der Waals surface area contributed by atoms with Gasteiger partial charge in [-0.1, -0.05) is 90.2 Å². The first-order valence-electron chi connectivity index (χ1n) is 13.3. The van der Waals surface area contributed by atoms with E-state index in [4.69, 9.17) is 14.2 Å². The van der Waals surface area contributed by atoms with Crippen LogP contribution in [-0.2, 0) is 16.1 Å². The average molecular weight is 567 g/mol. The minimum Gasteiger partial charge on any atom is -0.493 e. The van der Waals surface area contributed by atoms with E-state index < -0.39 is 12.0 Å². The Balaban J connectivity index is 1.57. The number of rotatable bonds is 9. The van der Waals surface area contributed by atoms with Crippen LogP contribution in [0.4, 0.5) is 0 Å². The number of aromatic nitrogens is 1. The maximum absolute atomic E-state index is 13.8. The maximum atomic E-state index is 13.8. The molecule has 208 valence electrons. The Kier molecular flexibility index (Phi) is 8.60. The average Bonchev–Trinajstić information content (AvgIpc) is 3.30. The van der Waals surface area contributed by atoms with Crippen LogP contribution in [-0.4, -0.2) is 24.3 Å². The molecule has 0 fully saturated rings. The first-order chi connectivity index (χ1) is 20.0. The summed E-state index contributed by atoms with van der Waals surface area (Å²) in [4.78, 5) is 32.1. The van der Waals surface area contributed by atoms with Crippen LogP contribution in [0.1, 0.15) is 36.6 Å². The van der Waals surface area contributed by atoms with Crippen LogP contribution in [0.3, 0.4) is 0 Å². The first kappa shape index (κ1) is 27.9. The van der Waals surface area contributed by atoms with E-state index in [1.165, 1.54) is 11.3 Å². The monoisotopic (exact) mass is 566 g/mol. The number of methoxy groups -OCH3 is 1. The molecule has 8 heteroatoms. The molecule has 0 bridgehead atoms. The van der Waals surface area contributed by atoms with E-state index >= 15 is 0 Å². The van der Waals surface area contributed by atoms with Gasteiger partial charge in [0.15, 0.2) is 16.3 Å². The number of thiazole rings is 1. The number of ether oxygens (including phenoxy) is 3. The molecular weight excluding hydrogens is 536 g/mol. The standard InChI is InChI=1S/C33H30N2O5S/c1-4-39-32(37)29-22(2)34-33-35(31(36)28(41-33)17-11-16-23-12-7-5-8-13-23)30(29)25-18-19-26(27(20-25)38-3)40-21-24-14-9-6-10-15-24/h5-20,30H,4,21H2,1-3H3/b16-11+,28-17-. The van der Waals surface area contributed by atoms with Crippen molar-refractivity contribution in [1.29, 1.82) is 0 Å². The predicted octanol–water partition coefficient (Wildman–Crippen LogP) is 5.05. The summed E-state index contributed by atoms with van der Waals surface area (Å²) in [5.74, 6) is 0.529. The second-order valence-corrected chi connectivity index (χ2v) is 10.3. The summed E-state index contributed by atoms with van der Waals surface area (Å²) >= 11 is 1.28. The molecule has 1 aromatic heterocycles. The number of hydrogen-bond donors (Lipinski definition) is 0. The largest absolute Gasteiger partial charge is 0.493 e. The van der Waals surface area contributed by atoms with Gasteiger partial charge in [-0.25, -0.2) is 9.79 Å². The number of carbonyl (C=O) groups is 1. The Morgan fingerprint density at radius 1 is 1.02 bits per heavy atom. The third-order valence-electron chi connectivity index (χ3n) is 6.59. The summed E-state index contributed by atoms with van der Waals surface area (Å²) < 4.78 is 19.2. The van der Waals surface area contributed by atoms with Gasteiger partial charge >= 0.3 is 5.97 Å². The van der Waals surface area contributed by atoms with Gasteiger partial charge in [0.1, 0.15) is 6.61 Å². The Morgan fingerprint density at radius 2 is 1.76 bits per heavy atom. The van der Waals surface area contributed by atoms with Crippen LogP contribution in [0.15, 0.2) is 106 Å². The number of carbonyl (C=O) groups excluding carboxylic acids is 1. The van der Waals surface area contributed by atoms with Gasteiger partial charge in [-0.15, -0.1) is 0 Å². The molecule has 4 aromatic rings. The SMILES string of the molecule is CCOC(=O)C1=C(C)N=c2s/c(=C\C=C\c3ccccc3)c(=O)n2C1c1ccc(OCc2ccccc2)c(OC)c1. The summed E-state index contributed by atoms with van der Waals surface area (Å²) in [5, 5.41) is 0. The first-order valence-corrected chi connectivity index (χ1v) is 14.1. The summed E-state index contributed by atoms with van der Waals surface area (Å²) in [7, 11) is 1.56. The van der Waals surface area contributed by atoms with Gasteiger partial charge in [-0.2, -0.15) is 0 Å². The number of nitrogens with zero attached hydrogens (tertiary/aromatic N) is 2. The van der Waals surface area contributed by atoms with E-state index in [2.05, 4.69) is 4.99 Å². The van der Waals surface area contributed by atoms with E-state index in [-0.39, 0.29) is 12.2 Å². The zero-order valence-corrected chi connectivity index (χ0v) is 23.9. The van der Waals surface area contributed by atoms with E-state index in [0.29, 0.717) is 44.3 Å². The Morgan fingerprint density at radius 3 is 2.46 bits per heavy atom. The molecule has 5 rings (SSSR count). The third kappa shape index (κ3) is 6.07. The third-order valence-corrected chi connectivity index (χ3v) is 7.59. The lowest BCUT2D eigenvalue weighted by molar-refractivity contribution is -0.139. The second-order valence-electron chi connectivity index (χ2n) is 9.28. The van der Waals surface area contributed by atoms with Gasteiger partial charge in [0.2, 0.25) is 0 Å². The van der Waals surface area contributed by atoms with E-state index in [1.54, 1.807) is 43.7 Å². The zero-order valence-electron chi connectivity index (χ0n) is 23.1. The quantitative estimate of drug-likeness (QED) is 0.265. The van der Waals surface area contributed by atoms with Gasteiger partial charge < -0.3 is 14.2 Å². The minimum atomic E-state index is -0.748. The molecule has 0 spiro atoms. The fraction of sp³-hybridized carbons (Fsp3) is 0.182. The molecule has 1 unspecified atom stereocenters. The van der Waals surface area contributed by atoms with E-state index in [9.17, 15) is 9.59 Å². The maximum Gasteiger partial charge on any atom is 0.338 e. The molecule has 0 aliphatic carbocycles. The van der Waals surface area contributed by atoms with Crippen molar-refractivity contribution in [1.82, 2.24) is 4.57 Å². The molecule has 0 saturated heterocycles. The fourth-order valence-corrected chi connectivity index (χ4v) is 5.64. The van der Waals surface area contributed by atoms with Gasteiger partial charge in [-0.05, 0) is 48.7 Å². The molecule has 2 heterocycles. The van der Waals surface area contributed by atoms with Crippen LogP contribution in [0, 0.1) is 0 Å². The lowest BCUT2D eigenvalue weighted by atomic mass is 9.95. The highest BCUT2D eigenvalue weighted by molar-refractivity contribution is 7.07. The van der Waals surface area contributed by atoms with Crippen molar-refractivity contribution >= 4 is 29.5 Å². The number of benzene rings is 3. The van der Waals surface area contributed by atoms with Crippen molar-refractivity contribution in [3.05, 3.63) is 133 Å². The molecule has 1 aliphatic rings. The molecular formula is C33H30N2O5S. The Bertz CT molecular complexity index is 1790. The predicted molar refractivity (Wildman–Crippen MR) is 161 cm³/mol. The molecule has 1 atom stereocenters. The molecule has 1 aliphatic heterocycles. The van der Waals surface area contributed by atoms with Crippen LogP contribution < -0.4 is 24.4 Å². The molecule has 0 saturated carbocycles. The molecule has 0 amide bonds. The van der Waals surface area contributed by atoms with Gasteiger partial charge in [0, 0.05) is 0 Å². The lowest BCUT2D eigenvalue weighted by Gasteiger charge is -2.25. The van der Waals surface area contributed by atoms with Crippen LogP contribution in [0.5, 0.6) is 11.5 Å². The summed E-state index contributed by atoms with van der Waals surface area (Å²) in [5.41, 5.74) is 3.30. The Hall–Kier alpha value is -4.69. The van der Waals surface area contributed by atoms with Gasteiger partial charge in [-0.3, -0.25) is 9.36 Å². The van der Waals surface area contributed by atoms with Crippen molar-refractivity contribution in [3.8, 4) is 11.5 Å². The van der Waals surface area contributed by atoms with Crippen molar-refractivity contribution in [2.75, 3.05) is 13.7 Å². The molecule has 0 radical (unpaired) electrons. The highest BCUT2D eigenvalue weighted by Crippen LogP contribution is 2.36. The summed E-state index contributed by atoms with van der Waals surface area (Å²) in [6.07, 6.45) is 5.56. The second kappa shape index (κ2) is 12.7. The van der Waals surface area contributed by atoms with E-state index in [0.717, 1.165) is 11.1 Å². The van der Waals surface area contributed by atoms with Crippen LogP contribution in [0.25, 0.3) is 12.2 Å². The van der Waals surface area contributed by atoms with Crippen molar-refractivity contribution in [2.45, 2.75) is 26.5 Å². The van der Waals surface area contributed by atoms with Gasteiger partial charge in [0.05, 0.1) is 35.6 Å². The fourth-order valence-electron chi connectivity index (χ4n) is 4.64. The number of allylic oxidation sites excluding steroid dienone is 2.